The molecular formula is C14H22N2O2. The second-order valence-corrected chi connectivity index (χ2v) is 5.81. The van der Waals surface area contributed by atoms with E-state index in [2.05, 4.69) is 5.32 Å². The predicted octanol–water partition coefficient (Wildman–Crippen LogP) is 2.32. The number of carbonyl (C=O) groups excluding carboxylic acids is 1. The fourth-order valence-corrected chi connectivity index (χ4v) is 1.66. The van der Waals surface area contributed by atoms with Gasteiger partial charge in [0.15, 0.2) is 0 Å². The van der Waals surface area contributed by atoms with E-state index in [1.54, 1.807) is 13.0 Å². The van der Waals surface area contributed by atoms with E-state index in [-0.39, 0.29) is 17.1 Å². The number of nitrogens with one attached hydrogen (secondary N) is 1. The highest BCUT2D eigenvalue weighted by molar-refractivity contribution is 5.96. The zero-order chi connectivity index (χ0) is 14.1. The van der Waals surface area contributed by atoms with E-state index >= 15 is 0 Å². The Balaban J connectivity index is 2.96. The molecule has 1 aromatic rings. The summed E-state index contributed by atoms with van der Waals surface area (Å²) >= 11 is 0. The first-order chi connectivity index (χ1) is 8.12. The third-order valence-corrected chi connectivity index (χ3v) is 2.92. The lowest BCUT2D eigenvalue weighted by Gasteiger charge is -2.26. The molecule has 1 rings (SSSR count). The maximum atomic E-state index is 12.0. The third-order valence-electron chi connectivity index (χ3n) is 2.92. The van der Waals surface area contributed by atoms with Crippen LogP contribution in [-0.4, -0.2) is 17.1 Å². The molecule has 0 aromatic heterocycles. The largest absolute Gasteiger partial charge is 0.505 e. The van der Waals surface area contributed by atoms with Gasteiger partial charge in [-0.1, -0.05) is 26.8 Å². The van der Waals surface area contributed by atoms with Crippen LogP contribution in [0.4, 0.5) is 5.69 Å². The van der Waals surface area contributed by atoms with E-state index in [1.165, 1.54) is 0 Å². The number of benzene rings is 1. The number of aromatic hydroxyl groups is 1. The molecule has 0 saturated heterocycles. The highest BCUT2D eigenvalue weighted by atomic mass is 16.3. The number of hydrogen-bond donors (Lipinski definition) is 3. The summed E-state index contributed by atoms with van der Waals surface area (Å²) in [6, 6.07) is 2.96. The molecule has 0 fully saturated rings. The highest BCUT2D eigenvalue weighted by Crippen LogP contribution is 2.29. The summed E-state index contributed by atoms with van der Waals surface area (Å²) in [6.07, 6.45) is 0. The molecule has 4 heteroatoms. The van der Waals surface area contributed by atoms with Crippen molar-refractivity contribution in [2.45, 2.75) is 40.7 Å². The minimum Gasteiger partial charge on any atom is -0.505 e. The zero-order valence-corrected chi connectivity index (χ0v) is 11.7. The lowest BCUT2D eigenvalue weighted by atomic mass is 9.87. The third kappa shape index (κ3) is 3.23. The Bertz CT molecular complexity index is 462. The molecule has 4 N–H and O–H groups in total. The fourth-order valence-electron chi connectivity index (χ4n) is 1.66. The van der Waals surface area contributed by atoms with Gasteiger partial charge in [0.05, 0.1) is 11.7 Å². The van der Waals surface area contributed by atoms with Crippen molar-refractivity contribution >= 4 is 11.6 Å². The first-order valence-corrected chi connectivity index (χ1v) is 5.99. The van der Waals surface area contributed by atoms with Crippen LogP contribution in [0.2, 0.25) is 0 Å². The number of nitrogens with two attached hydrogens (primary N) is 1. The van der Waals surface area contributed by atoms with Crippen LogP contribution in [0, 0.1) is 19.3 Å². The van der Waals surface area contributed by atoms with Gasteiger partial charge in [0, 0.05) is 0 Å². The summed E-state index contributed by atoms with van der Waals surface area (Å²) in [4.78, 5) is 12.0. The Hall–Kier alpha value is -1.55. The van der Waals surface area contributed by atoms with Gasteiger partial charge in [-0.2, -0.15) is 0 Å². The Kier molecular flexibility index (Phi) is 4.02. The Morgan fingerprint density at radius 1 is 1.33 bits per heavy atom. The quantitative estimate of drug-likeness (QED) is 0.705. The number of rotatable bonds is 2. The summed E-state index contributed by atoms with van der Waals surface area (Å²) in [5, 5.41) is 12.6. The summed E-state index contributed by atoms with van der Waals surface area (Å²) in [7, 11) is 0. The van der Waals surface area contributed by atoms with Gasteiger partial charge in [0.25, 0.3) is 0 Å². The first kappa shape index (κ1) is 14.5. The topological polar surface area (TPSA) is 75.3 Å². The van der Waals surface area contributed by atoms with E-state index in [9.17, 15) is 9.90 Å². The van der Waals surface area contributed by atoms with Crippen LogP contribution in [0.3, 0.4) is 0 Å². The molecule has 4 nitrogen and oxygen atoms in total. The van der Waals surface area contributed by atoms with Crippen molar-refractivity contribution < 1.29 is 9.90 Å². The minimum absolute atomic E-state index is 0.0926. The molecule has 1 atom stereocenters. The number of phenols is 1. The Morgan fingerprint density at radius 3 is 2.39 bits per heavy atom. The second kappa shape index (κ2) is 4.98. The van der Waals surface area contributed by atoms with Crippen LogP contribution >= 0.6 is 0 Å². The molecule has 0 spiro atoms. The van der Waals surface area contributed by atoms with Gasteiger partial charge >= 0.3 is 0 Å². The SMILES string of the molecule is Cc1cc(C)c(O)c(NC(=O)[C@H](N)C(C)(C)C)c1. The van der Waals surface area contributed by atoms with Crippen molar-refractivity contribution in [3.63, 3.8) is 0 Å². The van der Waals surface area contributed by atoms with Gasteiger partial charge in [0.1, 0.15) is 5.75 Å². The van der Waals surface area contributed by atoms with Crippen LogP contribution in [-0.2, 0) is 4.79 Å². The van der Waals surface area contributed by atoms with Gasteiger partial charge < -0.3 is 16.2 Å². The van der Waals surface area contributed by atoms with Crippen LogP contribution in [0.15, 0.2) is 12.1 Å². The monoisotopic (exact) mass is 250 g/mol. The van der Waals surface area contributed by atoms with Crippen molar-refractivity contribution in [2.24, 2.45) is 11.1 Å². The summed E-state index contributed by atoms with van der Waals surface area (Å²) in [5.74, 6) is -0.196. The molecule has 0 saturated carbocycles. The normalized spacial score (nSPS) is 13.2. The predicted molar refractivity (Wildman–Crippen MR) is 73.6 cm³/mol. The maximum Gasteiger partial charge on any atom is 0.241 e. The smallest absolute Gasteiger partial charge is 0.241 e. The van der Waals surface area contributed by atoms with Crippen LogP contribution in [0.5, 0.6) is 5.75 Å². The van der Waals surface area contributed by atoms with E-state index in [1.807, 2.05) is 33.8 Å². The van der Waals surface area contributed by atoms with Crippen molar-refractivity contribution in [1.82, 2.24) is 0 Å². The molecule has 0 radical (unpaired) electrons. The molecule has 0 heterocycles. The van der Waals surface area contributed by atoms with Gasteiger partial charge in [-0.05, 0) is 36.5 Å². The Labute approximate surface area is 108 Å². The summed E-state index contributed by atoms with van der Waals surface area (Å²) in [6.45, 7) is 9.41. The molecule has 1 aromatic carbocycles. The maximum absolute atomic E-state index is 12.0. The molecule has 0 bridgehead atoms. The van der Waals surface area contributed by atoms with Crippen LogP contribution < -0.4 is 11.1 Å². The summed E-state index contributed by atoms with van der Waals surface area (Å²) < 4.78 is 0. The number of hydrogen-bond acceptors (Lipinski definition) is 3. The van der Waals surface area contributed by atoms with E-state index in [4.69, 9.17) is 5.73 Å². The number of amides is 1. The standard InChI is InChI=1S/C14H22N2O2/c1-8-6-9(2)11(17)10(7-8)16-13(18)12(15)14(3,4)5/h6-7,12,17H,15H2,1-5H3,(H,16,18)/t12-/m0/s1. The molecule has 0 aliphatic carbocycles. The van der Waals surface area contributed by atoms with E-state index in [0.717, 1.165) is 11.1 Å². The van der Waals surface area contributed by atoms with Gasteiger partial charge in [0.2, 0.25) is 5.91 Å². The lowest BCUT2D eigenvalue weighted by molar-refractivity contribution is -0.119. The average Bonchev–Trinajstić information content (AvgIpc) is 2.22. The number of anilines is 1. The Morgan fingerprint density at radius 2 is 1.89 bits per heavy atom. The fraction of sp³-hybridized carbons (Fsp3) is 0.500. The lowest BCUT2D eigenvalue weighted by Crippen LogP contribution is -2.45. The number of aryl methyl sites for hydroxylation is 2. The van der Waals surface area contributed by atoms with Gasteiger partial charge in [-0.15, -0.1) is 0 Å². The summed E-state index contributed by atoms with van der Waals surface area (Å²) in [5.41, 5.74) is 7.68. The molecular weight excluding hydrogens is 228 g/mol. The first-order valence-electron chi connectivity index (χ1n) is 5.99. The molecule has 0 aliphatic rings. The van der Waals surface area contributed by atoms with Crippen LogP contribution in [0.1, 0.15) is 31.9 Å². The number of phenolic OH excluding ortho intramolecular Hbond substituents is 1. The van der Waals surface area contributed by atoms with Gasteiger partial charge in [-0.3, -0.25) is 4.79 Å². The number of carbonyl (C=O) groups is 1. The molecule has 0 aliphatic heterocycles. The van der Waals surface area contributed by atoms with Crippen molar-refractivity contribution in [3.8, 4) is 5.75 Å². The molecule has 0 unspecified atom stereocenters. The van der Waals surface area contributed by atoms with Crippen molar-refractivity contribution in [1.29, 1.82) is 0 Å². The van der Waals surface area contributed by atoms with Crippen molar-refractivity contribution in [3.05, 3.63) is 23.3 Å². The van der Waals surface area contributed by atoms with Crippen molar-refractivity contribution in [2.75, 3.05) is 5.32 Å². The zero-order valence-electron chi connectivity index (χ0n) is 11.7. The van der Waals surface area contributed by atoms with Gasteiger partial charge in [-0.25, -0.2) is 0 Å². The average molecular weight is 250 g/mol. The van der Waals surface area contributed by atoms with Crippen LogP contribution in [0.25, 0.3) is 0 Å². The molecule has 1 amide bonds. The molecule has 100 valence electrons. The van der Waals surface area contributed by atoms with E-state index < -0.39 is 6.04 Å². The highest BCUT2D eigenvalue weighted by Gasteiger charge is 2.28. The second-order valence-electron chi connectivity index (χ2n) is 5.81. The minimum atomic E-state index is -0.627. The molecule has 18 heavy (non-hydrogen) atoms. The van der Waals surface area contributed by atoms with E-state index in [0.29, 0.717) is 5.69 Å².